The number of ether oxygens (including phenoxy) is 1. The Bertz CT molecular complexity index is 2000. The summed E-state index contributed by atoms with van der Waals surface area (Å²) in [6.45, 7) is 9.38. The molecule has 3 amide bonds. The summed E-state index contributed by atoms with van der Waals surface area (Å²) in [6, 6.07) is 17.7. The van der Waals surface area contributed by atoms with E-state index in [1.54, 1.807) is 32.3 Å². The highest BCUT2D eigenvalue weighted by Crippen LogP contribution is 2.35. The number of benzene rings is 2. The van der Waals surface area contributed by atoms with E-state index in [-0.39, 0.29) is 23.3 Å². The van der Waals surface area contributed by atoms with Crippen molar-refractivity contribution in [2.75, 3.05) is 34.3 Å². The molecule has 0 saturated carbocycles. The normalized spacial score (nSPS) is 14.0. The highest BCUT2D eigenvalue weighted by molar-refractivity contribution is 6.01. The van der Waals surface area contributed by atoms with Crippen molar-refractivity contribution in [2.45, 2.75) is 52.1 Å². The minimum Gasteiger partial charge on any atom is -0.497 e. The molecule has 12 heteroatoms. The summed E-state index contributed by atoms with van der Waals surface area (Å²) in [5.41, 5.74) is 6.12. The van der Waals surface area contributed by atoms with E-state index in [2.05, 4.69) is 21.5 Å². The zero-order valence-electron chi connectivity index (χ0n) is 29.0. The van der Waals surface area contributed by atoms with Gasteiger partial charge in [-0.05, 0) is 59.4 Å². The van der Waals surface area contributed by atoms with Crippen molar-refractivity contribution in [3.05, 3.63) is 95.4 Å². The van der Waals surface area contributed by atoms with E-state index in [9.17, 15) is 9.59 Å². The van der Waals surface area contributed by atoms with Crippen LogP contribution < -0.4 is 10.1 Å². The Balaban J connectivity index is 1.33. The molecule has 0 radical (unpaired) electrons. The highest BCUT2D eigenvalue weighted by Gasteiger charge is 2.27. The summed E-state index contributed by atoms with van der Waals surface area (Å²) in [5.74, 6) is 0.804. The fourth-order valence-corrected chi connectivity index (χ4v) is 5.86. The number of carbonyl (C=O) groups is 2. The Morgan fingerprint density at radius 3 is 2.45 bits per heavy atom. The summed E-state index contributed by atoms with van der Waals surface area (Å²) in [5, 5.41) is 12.9. The maximum atomic E-state index is 12.9. The summed E-state index contributed by atoms with van der Waals surface area (Å²) in [6.07, 6.45) is 4.71. The third-order valence-corrected chi connectivity index (χ3v) is 8.57. The predicted octanol–water partition coefficient (Wildman–Crippen LogP) is 6.10. The fourth-order valence-electron chi connectivity index (χ4n) is 5.86. The zero-order chi connectivity index (χ0) is 34.9. The third kappa shape index (κ3) is 7.03. The van der Waals surface area contributed by atoms with Crippen LogP contribution in [-0.4, -0.2) is 80.9 Å². The second kappa shape index (κ2) is 13.5. The van der Waals surface area contributed by atoms with E-state index in [4.69, 9.17) is 19.3 Å². The van der Waals surface area contributed by atoms with Gasteiger partial charge < -0.3 is 24.4 Å². The number of amides is 3. The van der Waals surface area contributed by atoms with Gasteiger partial charge in [-0.3, -0.25) is 4.79 Å². The second-order valence-electron chi connectivity index (χ2n) is 13.5. The summed E-state index contributed by atoms with van der Waals surface area (Å²) >= 11 is 0. The molecule has 0 bridgehead atoms. The van der Waals surface area contributed by atoms with Crippen LogP contribution in [0.2, 0.25) is 0 Å². The molecule has 3 aromatic heterocycles. The number of pyridine rings is 1. The van der Waals surface area contributed by atoms with E-state index < -0.39 is 5.91 Å². The molecule has 0 fully saturated rings. The smallest absolute Gasteiger partial charge is 0.319 e. The SMILES string of the molecule is COc1ccc(Cn2nc(C3=CCCN(C(=O)N(C)C)C3)c3c(-c4ccc([C@@H](C)NC(=O)c5noc(C(C)(C)C)n5)cc4)ccnc32)cc1. The summed E-state index contributed by atoms with van der Waals surface area (Å²) < 4.78 is 12.6. The fraction of sp³-hybridized carbons (Fsp3) is 0.351. The van der Waals surface area contributed by atoms with Gasteiger partial charge in [-0.25, -0.2) is 14.5 Å². The van der Waals surface area contributed by atoms with E-state index >= 15 is 0 Å². The topological polar surface area (TPSA) is 132 Å². The number of carbonyl (C=O) groups excluding carboxylic acids is 2. The van der Waals surface area contributed by atoms with E-state index in [1.165, 1.54) is 0 Å². The van der Waals surface area contributed by atoms with Crippen molar-refractivity contribution in [1.82, 2.24) is 40.0 Å². The minimum absolute atomic E-state index is 0.00891. The third-order valence-electron chi connectivity index (χ3n) is 8.57. The number of rotatable bonds is 8. The Morgan fingerprint density at radius 2 is 1.80 bits per heavy atom. The lowest BCUT2D eigenvalue weighted by Crippen LogP contribution is -2.42. The molecule has 0 spiro atoms. The van der Waals surface area contributed by atoms with Crippen molar-refractivity contribution in [3.8, 4) is 16.9 Å². The standard InChI is InChI=1S/C37H42N8O4/c1-23(39-34(46)32-40-35(49-42-32)37(2,3)4)25-12-14-26(15-13-25)29-18-19-38-33-30(29)31(27-9-8-20-44(22-27)36(47)43(5)6)41-45(33)21-24-10-16-28(48-7)17-11-24/h9-19,23H,8,20-22H2,1-7H3,(H,39,46)/t23-/m1/s1. The lowest BCUT2D eigenvalue weighted by molar-refractivity contribution is 0.0926. The average molecular weight is 663 g/mol. The first-order chi connectivity index (χ1) is 23.4. The summed E-state index contributed by atoms with van der Waals surface area (Å²) in [4.78, 5) is 38.4. The number of nitrogens with zero attached hydrogens (tertiary/aromatic N) is 7. The molecule has 6 rings (SSSR count). The predicted molar refractivity (Wildman–Crippen MR) is 187 cm³/mol. The van der Waals surface area contributed by atoms with Gasteiger partial charge in [0.15, 0.2) is 5.65 Å². The van der Waals surface area contributed by atoms with Crippen LogP contribution in [0.4, 0.5) is 4.79 Å². The molecule has 254 valence electrons. The van der Waals surface area contributed by atoms with E-state index in [0.29, 0.717) is 25.5 Å². The van der Waals surface area contributed by atoms with Gasteiger partial charge in [-0.1, -0.05) is 68.4 Å². The van der Waals surface area contributed by atoms with Gasteiger partial charge in [-0.15, -0.1) is 0 Å². The largest absolute Gasteiger partial charge is 0.497 e. The van der Waals surface area contributed by atoms with Gasteiger partial charge in [0, 0.05) is 38.8 Å². The van der Waals surface area contributed by atoms with Crippen LogP contribution in [0, 0.1) is 0 Å². The average Bonchev–Trinajstić information content (AvgIpc) is 3.75. The van der Waals surface area contributed by atoms with Crippen molar-refractivity contribution in [2.24, 2.45) is 0 Å². The van der Waals surface area contributed by atoms with Gasteiger partial charge in [0.25, 0.3) is 11.7 Å². The molecule has 0 saturated heterocycles. The number of nitrogens with one attached hydrogen (secondary N) is 1. The number of aromatic nitrogens is 5. The van der Waals surface area contributed by atoms with Crippen molar-refractivity contribution in [3.63, 3.8) is 0 Å². The van der Waals surface area contributed by atoms with Gasteiger partial charge in [0.05, 0.1) is 30.8 Å². The molecule has 1 atom stereocenters. The van der Waals surface area contributed by atoms with Crippen LogP contribution in [0.15, 0.2) is 71.4 Å². The first kappa shape index (κ1) is 33.4. The Labute approximate surface area is 285 Å². The first-order valence-electron chi connectivity index (χ1n) is 16.3. The minimum atomic E-state index is -0.400. The van der Waals surface area contributed by atoms with Crippen molar-refractivity contribution in [1.29, 1.82) is 0 Å². The van der Waals surface area contributed by atoms with E-state index in [0.717, 1.165) is 56.7 Å². The number of urea groups is 1. The van der Waals surface area contributed by atoms with Gasteiger partial charge in [0.2, 0.25) is 5.89 Å². The molecule has 1 aliphatic heterocycles. The maximum Gasteiger partial charge on any atom is 0.319 e. The zero-order valence-corrected chi connectivity index (χ0v) is 29.0. The molecule has 1 aliphatic rings. The molecule has 0 unspecified atom stereocenters. The molecule has 12 nitrogen and oxygen atoms in total. The van der Waals surface area contributed by atoms with Gasteiger partial charge in [-0.2, -0.15) is 10.1 Å². The lowest BCUT2D eigenvalue weighted by Gasteiger charge is -2.29. The monoisotopic (exact) mass is 662 g/mol. The molecular weight excluding hydrogens is 620 g/mol. The summed E-state index contributed by atoms with van der Waals surface area (Å²) in [7, 11) is 5.19. The van der Waals surface area contributed by atoms with Crippen LogP contribution in [-0.2, 0) is 12.0 Å². The molecule has 49 heavy (non-hydrogen) atoms. The molecule has 1 N–H and O–H groups in total. The van der Waals surface area contributed by atoms with Crippen molar-refractivity contribution < 1.29 is 18.8 Å². The number of hydrogen-bond acceptors (Lipinski definition) is 8. The Kier molecular flexibility index (Phi) is 9.22. The first-order valence-corrected chi connectivity index (χ1v) is 16.3. The van der Waals surface area contributed by atoms with Crippen LogP contribution in [0.5, 0.6) is 5.75 Å². The van der Waals surface area contributed by atoms with Crippen LogP contribution in [0.25, 0.3) is 27.7 Å². The number of fused-ring (bicyclic) bond motifs is 1. The number of hydrogen-bond donors (Lipinski definition) is 1. The van der Waals surface area contributed by atoms with Crippen LogP contribution in [0.3, 0.4) is 0 Å². The lowest BCUT2D eigenvalue weighted by atomic mass is 9.96. The maximum absolute atomic E-state index is 12.9. The van der Waals surface area contributed by atoms with Crippen LogP contribution in [0.1, 0.15) is 73.5 Å². The van der Waals surface area contributed by atoms with Gasteiger partial charge in [0.1, 0.15) is 5.75 Å². The molecule has 4 heterocycles. The highest BCUT2D eigenvalue weighted by atomic mass is 16.5. The molecule has 5 aromatic rings. The molecule has 0 aliphatic carbocycles. The quantitative estimate of drug-likeness (QED) is 0.211. The van der Waals surface area contributed by atoms with Gasteiger partial charge >= 0.3 is 6.03 Å². The molecule has 2 aromatic carbocycles. The van der Waals surface area contributed by atoms with E-state index in [1.807, 2.05) is 91.9 Å². The van der Waals surface area contributed by atoms with Crippen molar-refractivity contribution >= 4 is 28.5 Å². The molecular formula is C37H42N8O4. The second-order valence-corrected chi connectivity index (χ2v) is 13.5. The van der Waals surface area contributed by atoms with Crippen LogP contribution >= 0.6 is 0 Å². The Hall–Kier alpha value is -5.52. The Morgan fingerprint density at radius 1 is 1.06 bits per heavy atom. The number of methoxy groups -OCH3 is 1.